The average Bonchev–Trinajstić information content (AvgIpc) is 2.54. The number of carbonyl (C=O) groups is 2. The lowest BCUT2D eigenvalue weighted by Gasteiger charge is -2.09. The molecule has 0 bridgehead atoms. The van der Waals surface area contributed by atoms with Crippen LogP contribution >= 0.6 is 15.9 Å². The Morgan fingerprint density at radius 3 is 2.42 bits per heavy atom. The topological polar surface area (TPSA) is 116 Å². The fraction of sp³-hybridized carbons (Fsp3) is 0.0667. The second-order valence-electron chi connectivity index (χ2n) is 4.46. The second kappa shape index (κ2) is 7.55. The molecule has 0 aliphatic heterocycles. The first-order valence-electron chi connectivity index (χ1n) is 6.47. The molecule has 0 unspecified atom stereocenters. The van der Waals surface area contributed by atoms with E-state index in [1.54, 1.807) is 0 Å². The maximum atomic E-state index is 11.8. The molecule has 0 heterocycles. The molecular formula is C15H10BrNO7. The average molecular weight is 396 g/mol. The lowest BCUT2D eigenvalue weighted by molar-refractivity contribution is -0.384. The number of carbonyl (C=O) groups excluding carboxylic acids is 1. The van der Waals surface area contributed by atoms with Gasteiger partial charge in [0.05, 0.1) is 4.92 Å². The number of rotatable bonds is 6. The van der Waals surface area contributed by atoms with Gasteiger partial charge < -0.3 is 14.6 Å². The van der Waals surface area contributed by atoms with Gasteiger partial charge in [0.15, 0.2) is 6.61 Å². The molecule has 0 amide bonds. The number of non-ortho nitro benzene ring substituents is 1. The maximum absolute atomic E-state index is 11.8. The summed E-state index contributed by atoms with van der Waals surface area (Å²) in [5.41, 5.74) is -0.279. The Bertz CT molecular complexity index is 789. The molecule has 0 saturated carbocycles. The van der Waals surface area contributed by atoms with Crippen LogP contribution in [0.15, 0.2) is 46.9 Å². The van der Waals surface area contributed by atoms with Crippen molar-refractivity contribution in [3.63, 3.8) is 0 Å². The van der Waals surface area contributed by atoms with Gasteiger partial charge in [0.25, 0.3) is 5.69 Å². The summed E-state index contributed by atoms with van der Waals surface area (Å²) >= 11 is 3.13. The van der Waals surface area contributed by atoms with Crippen LogP contribution in [0.5, 0.6) is 11.5 Å². The van der Waals surface area contributed by atoms with E-state index in [9.17, 15) is 19.7 Å². The highest BCUT2D eigenvalue weighted by Gasteiger charge is 2.15. The summed E-state index contributed by atoms with van der Waals surface area (Å²) in [7, 11) is 0. The zero-order valence-corrected chi connectivity index (χ0v) is 13.6. The van der Waals surface area contributed by atoms with Crippen molar-refractivity contribution in [3.05, 3.63) is 62.6 Å². The molecular weight excluding hydrogens is 386 g/mol. The highest BCUT2D eigenvalue weighted by Crippen LogP contribution is 2.23. The van der Waals surface area contributed by atoms with Gasteiger partial charge in [-0.3, -0.25) is 10.1 Å². The normalized spacial score (nSPS) is 10.0. The molecule has 2 aromatic carbocycles. The molecule has 1 N–H and O–H groups in total. The van der Waals surface area contributed by atoms with E-state index in [0.717, 1.165) is 0 Å². The molecule has 24 heavy (non-hydrogen) atoms. The van der Waals surface area contributed by atoms with Gasteiger partial charge in [0, 0.05) is 16.6 Å². The molecule has 0 saturated heterocycles. The van der Waals surface area contributed by atoms with E-state index in [-0.39, 0.29) is 22.7 Å². The van der Waals surface area contributed by atoms with Gasteiger partial charge >= 0.3 is 11.9 Å². The van der Waals surface area contributed by atoms with Crippen LogP contribution < -0.4 is 9.47 Å². The number of nitrogens with zero attached hydrogens (tertiary/aromatic N) is 1. The lowest BCUT2D eigenvalue weighted by atomic mass is 10.2. The zero-order chi connectivity index (χ0) is 17.7. The minimum absolute atomic E-state index is 0.106. The number of halogens is 1. The SMILES string of the molecule is O=C(COc1ccc([N+](=O)[O-])cc1)Oc1ccc(Br)cc1C(=O)O. The number of ether oxygens (including phenoxy) is 2. The molecule has 0 aliphatic rings. The number of hydrogen-bond acceptors (Lipinski definition) is 6. The molecule has 124 valence electrons. The van der Waals surface area contributed by atoms with E-state index < -0.39 is 23.5 Å². The summed E-state index contributed by atoms with van der Waals surface area (Å²) in [5.74, 6) is -1.91. The molecule has 0 aliphatic carbocycles. The quantitative estimate of drug-likeness (QED) is 0.345. The highest BCUT2D eigenvalue weighted by molar-refractivity contribution is 9.10. The molecule has 0 spiro atoms. The number of esters is 1. The largest absolute Gasteiger partial charge is 0.482 e. The Morgan fingerprint density at radius 1 is 1.17 bits per heavy atom. The fourth-order valence-corrected chi connectivity index (χ4v) is 2.08. The first-order chi connectivity index (χ1) is 11.4. The minimum atomic E-state index is -1.24. The summed E-state index contributed by atoms with van der Waals surface area (Å²) in [4.78, 5) is 32.9. The van der Waals surface area contributed by atoms with Gasteiger partial charge in [0.1, 0.15) is 17.1 Å². The summed E-state index contributed by atoms with van der Waals surface area (Å²) in [6.07, 6.45) is 0. The van der Waals surface area contributed by atoms with Gasteiger partial charge in [-0.2, -0.15) is 0 Å². The van der Waals surface area contributed by atoms with Crippen molar-refractivity contribution in [1.29, 1.82) is 0 Å². The molecule has 2 rings (SSSR count). The lowest BCUT2D eigenvalue weighted by Crippen LogP contribution is -2.19. The predicted octanol–water partition coefficient (Wildman–Crippen LogP) is 3.04. The van der Waals surface area contributed by atoms with Crippen LogP contribution in [0.1, 0.15) is 10.4 Å². The van der Waals surface area contributed by atoms with E-state index in [1.807, 2.05) is 0 Å². The standard InChI is InChI=1S/C15H10BrNO7/c16-9-1-6-13(12(7-9)15(19)20)24-14(18)8-23-11-4-2-10(3-5-11)17(21)22/h1-7H,8H2,(H,19,20). The Morgan fingerprint density at radius 2 is 1.83 bits per heavy atom. The van der Waals surface area contributed by atoms with Gasteiger partial charge in [-0.15, -0.1) is 0 Å². The van der Waals surface area contributed by atoms with Crippen molar-refractivity contribution in [2.45, 2.75) is 0 Å². The Kier molecular flexibility index (Phi) is 5.48. The van der Waals surface area contributed by atoms with E-state index in [4.69, 9.17) is 14.6 Å². The molecule has 0 fully saturated rings. The van der Waals surface area contributed by atoms with Crippen LogP contribution in [0.2, 0.25) is 0 Å². The number of benzene rings is 2. The molecule has 0 radical (unpaired) electrons. The van der Waals surface area contributed by atoms with Crippen molar-refractivity contribution >= 4 is 33.6 Å². The third-order valence-corrected chi connectivity index (χ3v) is 3.29. The maximum Gasteiger partial charge on any atom is 0.349 e. The van der Waals surface area contributed by atoms with Gasteiger partial charge in [-0.1, -0.05) is 15.9 Å². The van der Waals surface area contributed by atoms with E-state index >= 15 is 0 Å². The molecule has 2 aromatic rings. The first-order valence-corrected chi connectivity index (χ1v) is 7.27. The Balaban J connectivity index is 1.99. The van der Waals surface area contributed by atoms with Crippen molar-refractivity contribution < 1.29 is 29.1 Å². The fourth-order valence-electron chi connectivity index (χ4n) is 1.72. The van der Waals surface area contributed by atoms with Crippen molar-refractivity contribution in [2.24, 2.45) is 0 Å². The summed E-state index contributed by atoms with van der Waals surface area (Å²) < 4.78 is 10.6. The van der Waals surface area contributed by atoms with Gasteiger partial charge in [-0.25, -0.2) is 9.59 Å². The van der Waals surface area contributed by atoms with E-state index in [1.165, 1.54) is 42.5 Å². The number of hydrogen-bond donors (Lipinski definition) is 1. The van der Waals surface area contributed by atoms with Gasteiger partial charge in [0.2, 0.25) is 0 Å². The van der Waals surface area contributed by atoms with Crippen LogP contribution in [-0.4, -0.2) is 28.6 Å². The number of nitro benzene ring substituents is 1. The summed E-state index contributed by atoms with van der Waals surface area (Å²) in [6.45, 7) is -0.479. The third-order valence-electron chi connectivity index (χ3n) is 2.80. The Hall–Kier alpha value is -2.94. The number of carboxylic acids is 1. The van der Waals surface area contributed by atoms with Crippen LogP contribution in [0.3, 0.4) is 0 Å². The Labute approximate surface area is 143 Å². The first kappa shape index (κ1) is 17.4. The second-order valence-corrected chi connectivity index (χ2v) is 5.38. The highest BCUT2D eigenvalue weighted by atomic mass is 79.9. The van der Waals surface area contributed by atoms with Crippen LogP contribution in [0.25, 0.3) is 0 Å². The van der Waals surface area contributed by atoms with E-state index in [0.29, 0.717) is 4.47 Å². The van der Waals surface area contributed by atoms with Crippen LogP contribution in [0, 0.1) is 10.1 Å². The van der Waals surface area contributed by atoms with Gasteiger partial charge in [-0.05, 0) is 30.3 Å². The van der Waals surface area contributed by atoms with Crippen LogP contribution in [-0.2, 0) is 4.79 Å². The molecule has 0 atom stereocenters. The van der Waals surface area contributed by atoms with Crippen molar-refractivity contribution in [1.82, 2.24) is 0 Å². The van der Waals surface area contributed by atoms with Crippen LogP contribution in [0.4, 0.5) is 5.69 Å². The summed E-state index contributed by atoms with van der Waals surface area (Å²) in [5, 5.41) is 19.6. The minimum Gasteiger partial charge on any atom is -0.482 e. The predicted molar refractivity (Wildman–Crippen MR) is 85.3 cm³/mol. The zero-order valence-electron chi connectivity index (χ0n) is 12.0. The molecule has 0 aromatic heterocycles. The van der Waals surface area contributed by atoms with E-state index in [2.05, 4.69) is 15.9 Å². The summed E-state index contributed by atoms with van der Waals surface area (Å²) in [6, 6.07) is 9.34. The smallest absolute Gasteiger partial charge is 0.349 e. The third kappa shape index (κ3) is 4.53. The molecule has 9 heteroatoms. The number of nitro groups is 1. The number of aromatic carboxylic acids is 1. The van der Waals surface area contributed by atoms with Crippen molar-refractivity contribution in [3.8, 4) is 11.5 Å². The number of carboxylic acid groups (broad SMARTS) is 1. The van der Waals surface area contributed by atoms with Crippen molar-refractivity contribution in [2.75, 3.05) is 6.61 Å². The monoisotopic (exact) mass is 395 g/mol. The molecule has 8 nitrogen and oxygen atoms in total.